The van der Waals surface area contributed by atoms with Crippen molar-refractivity contribution in [3.8, 4) is 0 Å². The first-order chi connectivity index (χ1) is 8.09. The highest BCUT2D eigenvalue weighted by atomic mass is 35.5. The standard InChI is InChI=1S/C13H17FN2O.ClH/c1-9-3-2-4-11(12(9)14)13(17)16-7-5-10(15)6-8-16;/h2-4,10H,5-8,15H2,1H3;1H. The number of benzene rings is 1. The molecule has 0 spiro atoms. The van der Waals surface area contributed by atoms with Gasteiger partial charge in [-0.15, -0.1) is 12.4 Å². The Balaban J connectivity index is 0.00000162. The van der Waals surface area contributed by atoms with Crippen molar-refractivity contribution in [2.24, 2.45) is 5.73 Å². The maximum Gasteiger partial charge on any atom is 0.256 e. The normalized spacial score (nSPS) is 16.3. The van der Waals surface area contributed by atoms with E-state index < -0.39 is 5.82 Å². The van der Waals surface area contributed by atoms with Gasteiger partial charge in [0.1, 0.15) is 5.82 Å². The number of hydrogen-bond donors (Lipinski definition) is 1. The molecule has 1 aliphatic heterocycles. The van der Waals surface area contributed by atoms with Crippen LogP contribution in [0.3, 0.4) is 0 Å². The van der Waals surface area contributed by atoms with E-state index in [9.17, 15) is 9.18 Å². The highest BCUT2D eigenvalue weighted by molar-refractivity contribution is 5.94. The summed E-state index contributed by atoms with van der Waals surface area (Å²) in [6.45, 7) is 2.90. The molecular weight excluding hydrogens is 255 g/mol. The van der Waals surface area contributed by atoms with E-state index in [0.29, 0.717) is 18.7 Å². The predicted octanol–water partition coefficient (Wildman–Crippen LogP) is 2.12. The van der Waals surface area contributed by atoms with Crippen LogP contribution in [0, 0.1) is 12.7 Å². The maximum atomic E-state index is 13.8. The van der Waals surface area contributed by atoms with Crippen molar-refractivity contribution in [3.05, 3.63) is 35.1 Å². The Morgan fingerprint density at radius 3 is 2.61 bits per heavy atom. The van der Waals surface area contributed by atoms with Gasteiger partial charge in [-0.25, -0.2) is 4.39 Å². The largest absolute Gasteiger partial charge is 0.338 e. The minimum Gasteiger partial charge on any atom is -0.338 e. The van der Waals surface area contributed by atoms with Crippen LogP contribution in [0.5, 0.6) is 0 Å². The van der Waals surface area contributed by atoms with Gasteiger partial charge >= 0.3 is 0 Å². The van der Waals surface area contributed by atoms with E-state index in [1.54, 1.807) is 30.0 Å². The Bertz CT molecular complexity index is 431. The molecule has 1 amide bonds. The van der Waals surface area contributed by atoms with Crippen LogP contribution in [0.4, 0.5) is 4.39 Å². The van der Waals surface area contributed by atoms with Crippen molar-refractivity contribution in [2.75, 3.05) is 13.1 Å². The fraction of sp³-hybridized carbons (Fsp3) is 0.462. The number of carbonyl (C=O) groups is 1. The lowest BCUT2D eigenvalue weighted by Gasteiger charge is -2.30. The molecule has 1 aromatic rings. The van der Waals surface area contributed by atoms with E-state index in [-0.39, 0.29) is 29.9 Å². The molecule has 18 heavy (non-hydrogen) atoms. The molecule has 0 aliphatic carbocycles. The van der Waals surface area contributed by atoms with Crippen molar-refractivity contribution < 1.29 is 9.18 Å². The second kappa shape index (κ2) is 6.16. The summed E-state index contributed by atoms with van der Waals surface area (Å²) >= 11 is 0. The molecule has 5 heteroatoms. The highest BCUT2D eigenvalue weighted by Crippen LogP contribution is 2.17. The third kappa shape index (κ3) is 3.00. The Morgan fingerprint density at radius 2 is 2.00 bits per heavy atom. The zero-order chi connectivity index (χ0) is 12.4. The Kier molecular flexibility index (Phi) is 5.11. The number of halogens is 2. The molecule has 2 N–H and O–H groups in total. The van der Waals surface area contributed by atoms with Crippen LogP contribution in [-0.4, -0.2) is 29.9 Å². The molecule has 100 valence electrons. The van der Waals surface area contributed by atoms with Gasteiger partial charge in [-0.3, -0.25) is 4.79 Å². The first kappa shape index (κ1) is 14.9. The Morgan fingerprint density at radius 1 is 1.39 bits per heavy atom. The molecule has 1 saturated heterocycles. The summed E-state index contributed by atoms with van der Waals surface area (Å²) < 4.78 is 13.8. The molecule has 1 aliphatic rings. The molecule has 0 saturated carbocycles. The van der Waals surface area contributed by atoms with E-state index in [1.807, 2.05) is 0 Å². The van der Waals surface area contributed by atoms with E-state index in [0.717, 1.165) is 12.8 Å². The minimum absolute atomic E-state index is 0. The van der Waals surface area contributed by atoms with Crippen LogP contribution in [0.15, 0.2) is 18.2 Å². The van der Waals surface area contributed by atoms with E-state index >= 15 is 0 Å². The molecule has 2 rings (SSSR count). The van der Waals surface area contributed by atoms with Gasteiger partial charge in [-0.1, -0.05) is 12.1 Å². The molecule has 1 fully saturated rings. The summed E-state index contributed by atoms with van der Waals surface area (Å²) in [7, 11) is 0. The maximum absolute atomic E-state index is 13.8. The first-order valence-corrected chi connectivity index (χ1v) is 5.89. The number of rotatable bonds is 1. The number of hydrogen-bond acceptors (Lipinski definition) is 2. The number of piperidine rings is 1. The van der Waals surface area contributed by atoms with Crippen molar-refractivity contribution in [2.45, 2.75) is 25.8 Å². The fourth-order valence-electron chi connectivity index (χ4n) is 2.09. The van der Waals surface area contributed by atoms with Crippen LogP contribution in [0.25, 0.3) is 0 Å². The number of nitrogens with zero attached hydrogens (tertiary/aromatic N) is 1. The lowest BCUT2D eigenvalue weighted by Crippen LogP contribution is -2.43. The van der Waals surface area contributed by atoms with Gasteiger partial charge in [0.25, 0.3) is 5.91 Å². The minimum atomic E-state index is -0.410. The van der Waals surface area contributed by atoms with Crippen LogP contribution in [-0.2, 0) is 0 Å². The third-order valence-electron chi connectivity index (χ3n) is 3.25. The van der Waals surface area contributed by atoms with Crippen LogP contribution in [0.1, 0.15) is 28.8 Å². The van der Waals surface area contributed by atoms with E-state index in [4.69, 9.17) is 5.73 Å². The SMILES string of the molecule is Cc1cccc(C(=O)N2CCC(N)CC2)c1F.Cl. The predicted molar refractivity (Wildman–Crippen MR) is 71.5 cm³/mol. The number of likely N-dealkylation sites (tertiary alicyclic amines) is 1. The topological polar surface area (TPSA) is 46.3 Å². The number of nitrogens with two attached hydrogens (primary N) is 1. The Labute approximate surface area is 113 Å². The smallest absolute Gasteiger partial charge is 0.256 e. The monoisotopic (exact) mass is 272 g/mol. The van der Waals surface area contributed by atoms with Crippen molar-refractivity contribution in [1.82, 2.24) is 4.90 Å². The van der Waals surface area contributed by atoms with Gasteiger partial charge < -0.3 is 10.6 Å². The molecule has 1 heterocycles. The number of amides is 1. The van der Waals surface area contributed by atoms with Crippen LogP contribution >= 0.6 is 12.4 Å². The van der Waals surface area contributed by atoms with Crippen molar-refractivity contribution in [3.63, 3.8) is 0 Å². The zero-order valence-electron chi connectivity index (χ0n) is 10.4. The van der Waals surface area contributed by atoms with Crippen LogP contribution < -0.4 is 5.73 Å². The first-order valence-electron chi connectivity index (χ1n) is 5.89. The second-order valence-corrected chi connectivity index (χ2v) is 4.57. The van der Waals surface area contributed by atoms with Gasteiger partial charge in [0.2, 0.25) is 0 Å². The molecule has 0 radical (unpaired) electrons. The average molecular weight is 273 g/mol. The third-order valence-corrected chi connectivity index (χ3v) is 3.25. The Hall–Kier alpha value is -1.13. The van der Waals surface area contributed by atoms with E-state index in [2.05, 4.69) is 0 Å². The summed E-state index contributed by atoms with van der Waals surface area (Å²) in [5, 5.41) is 0. The average Bonchev–Trinajstić information content (AvgIpc) is 2.33. The van der Waals surface area contributed by atoms with Gasteiger partial charge in [0, 0.05) is 19.1 Å². The molecule has 0 unspecified atom stereocenters. The lowest BCUT2D eigenvalue weighted by molar-refractivity contribution is 0.0710. The molecule has 1 aromatic carbocycles. The highest BCUT2D eigenvalue weighted by Gasteiger charge is 2.23. The molecule has 0 bridgehead atoms. The number of aryl methyl sites for hydroxylation is 1. The zero-order valence-corrected chi connectivity index (χ0v) is 11.2. The van der Waals surface area contributed by atoms with Crippen molar-refractivity contribution in [1.29, 1.82) is 0 Å². The van der Waals surface area contributed by atoms with Gasteiger partial charge in [0.15, 0.2) is 0 Å². The number of carbonyl (C=O) groups excluding carboxylic acids is 1. The summed E-state index contributed by atoms with van der Waals surface area (Å²) in [5.74, 6) is -0.634. The molecular formula is C13H18ClFN2O. The van der Waals surface area contributed by atoms with Crippen LogP contribution in [0.2, 0.25) is 0 Å². The molecule has 0 aromatic heterocycles. The van der Waals surface area contributed by atoms with Crippen molar-refractivity contribution >= 4 is 18.3 Å². The second-order valence-electron chi connectivity index (χ2n) is 4.57. The summed E-state index contributed by atoms with van der Waals surface area (Å²) in [4.78, 5) is 13.8. The molecule has 0 atom stereocenters. The summed E-state index contributed by atoms with van der Waals surface area (Å²) in [6.07, 6.45) is 1.58. The quantitative estimate of drug-likeness (QED) is 0.851. The van der Waals surface area contributed by atoms with E-state index in [1.165, 1.54) is 0 Å². The van der Waals surface area contributed by atoms with Gasteiger partial charge in [0.05, 0.1) is 5.56 Å². The lowest BCUT2D eigenvalue weighted by atomic mass is 10.0. The summed E-state index contributed by atoms with van der Waals surface area (Å²) in [5.41, 5.74) is 6.45. The fourth-order valence-corrected chi connectivity index (χ4v) is 2.09. The van der Waals surface area contributed by atoms with Gasteiger partial charge in [-0.05, 0) is 31.4 Å². The summed E-state index contributed by atoms with van der Waals surface area (Å²) in [6, 6.07) is 5.08. The van der Waals surface area contributed by atoms with Gasteiger partial charge in [-0.2, -0.15) is 0 Å². The molecule has 3 nitrogen and oxygen atoms in total.